The fraction of sp³-hybridized carbons (Fsp3) is 0.0588. The maximum atomic E-state index is 13.8. The SMILES string of the molecule is COc1ccc(-n2cccn2)n2nc(NC(=O)c3ccccc3F)nc12. The van der Waals surface area contributed by atoms with Crippen molar-refractivity contribution in [2.75, 3.05) is 12.4 Å². The van der Waals surface area contributed by atoms with Crippen molar-refractivity contribution in [3.05, 3.63) is 66.2 Å². The molecule has 1 aromatic carbocycles. The quantitative estimate of drug-likeness (QED) is 0.609. The molecule has 0 unspecified atom stereocenters. The van der Waals surface area contributed by atoms with Crippen molar-refractivity contribution in [3.8, 4) is 11.6 Å². The van der Waals surface area contributed by atoms with Gasteiger partial charge < -0.3 is 4.74 Å². The van der Waals surface area contributed by atoms with Crippen LogP contribution in [0.3, 0.4) is 0 Å². The number of fused-ring (bicyclic) bond motifs is 1. The van der Waals surface area contributed by atoms with Gasteiger partial charge in [0.15, 0.2) is 11.6 Å². The Bertz CT molecular complexity index is 1090. The van der Waals surface area contributed by atoms with E-state index in [0.29, 0.717) is 17.2 Å². The maximum Gasteiger partial charge on any atom is 0.261 e. The number of hydrogen-bond donors (Lipinski definition) is 1. The van der Waals surface area contributed by atoms with Gasteiger partial charge in [0.1, 0.15) is 5.82 Å². The summed E-state index contributed by atoms with van der Waals surface area (Å²) < 4.78 is 22.2. The molecule has 0 atom stereocenters. The van der Waals surface area contributed by atoms with E-state index in [1.807, 2.05) is 0 Å². The van der Waals surface area contributed by atoms with Crippen LogP contribution < -0.4 is 10.1 Å². The molecule has 0 radical (unpaired) electrons. The normalized spacial score (nSPS) is 10.8. The average molecular weight is 352 g/mol. The van der Waals surface area contributed by atoms with Gasteiger partial charge in [0.2, 0.25) is 11.6 Å². The molecule has 3 heterocycles. The molecule has 8 nitrogen and oxygen atoms in total. The van der Waals surface area contributed by atoms with Crippen molar-refractivity contribution in [1.82, 2.24) is 24.4 Å². The molecule has 130 valence electrons. The molecule has 9 heteroatoms. The van der Waals surface area contributed by atoms with E-state index in [0.717, 1.165) is 0 Å². The molecule has 4 aromatic rings. The van der Waals surface area contributed by atoms with Crippen molar-refractivity contribution >= 4 is 17.5 Å². The zero-order valence-corrected chi connectivity index (χ0v) is 13.6. The number of rotatable bonds is 4. The smallest absolute Gasteiger partial charge is 0.261 e. The van der Waals surface area contributed by atoms with E-state index >= 15 is 0 Å². The monoisotopic (exact) mass is 352 g/mol. The van der Waals surface area contributed by atoms with E-state index < -0.39 is 11.7 Å². The van der Waals surface area contributed by atoms with Crippen molar-refractivity contribution in [2.24, 2.45) is 0 Å². The van der Waals surface area contributed by atoms with Crippen LogP contribution >= 0.6 is 0 Å². The summed E-state index contributed by atoms with van der Waals surface area (Å²) in [5, 5.41) is 11.0. The number of benzene rings is 1. The Kier molecular flexibility index (Phi) is 3.81. The molecule has 0 bridgehead atoms. The van der Waals surface area contributed by atoms with Crippen LogP contribution in [0.2, 0.25) is 0 Å². The Morgan fingerprint density at radius 2 is 2.04 bits per heavy atom. The third-order valence-electron chi connectivity index (χ3n) is 3.73. The molecule has 4 rings (SSSR count). The minimum Gasteiger partial charge on any atom is -0.493 e. The second kappa shape index (κ2) is 6.28. The van der Waals surface area contributed by atoms with Crippen LogP contribution in [0.25, 0.3) is 11.5 Å². The summed E-state index contributed by atoms with van der Waals surface area (Å²) >= 11 is 0. The van der Waals surface area contributed by atoms with E-state index in [1.54, 1.807) is 41.3 Å². The number of ether oxygens (including phenoxy) is 1. The van der Waals surface area contributed by atoms with Crippen LogP contribution in [0.15, 0.2) is 54.9 Å². The number of carbonyl (C=O) groups is 1. The van der Waals surface area contributed by atoms with Crippen LogP contribution in [0.1, 0.15) is 10.4 Å². The second-order valence-corrected chi connectivity index (χ2v) is 5.32. The van der Waals surface area contributed by atoms with E-state index in [-0.39, 0.29) is 11.5 Å². The first-order chi connectivity index (χ1) is 12.7. The van der Waals surface area contributed by atoms with E-state index in [4.69, 9.17) is 4.74 Å². The lowest BCUT2D eigenvalue weighted by Crippen LogP contribution is -2.14. The molecule has 0 aliphatic rings. The number of carbonyl (C=O) groups excluding carboxylic acids is 1. The van der Waals surface area contributed by atoms with Crippen molar-refractivity contribution in [3.63, 3.8) is 0 Å². The molecule has 0 aliphatic carbocycles. The molecule has 1 N–H and O–H groups in total. The Balaban J connectivity index is 1.76. The number of aromatic nitrogens is 5. The number of anilines is 1. The van der Waals surface area contributed by atoms with Gasteiger partial charge in [-0.25, -0.2) is 9.07 Å². The first-order valence-corrected chi connectivity index (χ1v) is 7.67. The minimum absolute atomic E-state index is 0.0242. The van der Waals surface area contributed by atoms with E-state index in [1.165, 1.54) is 29.8 Å². The molecule has 3 aromatic heterocycles. The van der Waals surface area contributed by atoms with Crippen molar-refractivity contribution in [1.29, 1.82) is 0 Å². The largest absolute Gasteiger partial charge is 0.493 e. The van der Waals surface area contributed by atoms with Gasteiger partial charge in [-0.3, -0.25) is 10.1 Å². The number of halogens is 1. The first-order valence-electron chi connectivity index (χ1n) is 7.67. The van der Waals surface area contributed by atoms with Crippen LogP contribution in [0, 0.1) is 5.82 Å². The Morgan fingerprint density at radius 1 is 1.19 bits per heavy atom. The predicted octanol–water partition coefficient (Wildman–Crippen LogP) is 2.32. The molecular weight excluding hydrogens is 339 g/mol. The maximum absolute atomic E-state index is 13.8. The van der Waals surface area contributed by atoms with Crippen molar-refractivity contribution in [2.45, 2.75) is 0 Å². The summed E-state index contributed by atoms with van der Waals surface area (Å²) in [6.07, 6.45) is 3.38. The third kappa shape index (κ3) is 2.65. The number of methoxy groups -OCH3 is 1. The molecule has 0 saturated carbocycles. The summed E-state index contributed by atoms with van der Waals surface area (Å²) in [6, 6.07) is 10.9. The Labute approximate surface area is 146 Å². The van der Waals surface area contributed by atoms with Gasteiger partial charge in [-0.2, -0.15) is 14.6 Å². The van der Waals surface area contributed by atoms with E-state index in [2.05, 4.69) is 20.5 Å². The average Bonchev–Trinajstić information content (AvgIpc) is 3.30. The Hall–Kier alpha value is -3.75. The van der Waals surface area contributed by atoms with Gasteiger partial charge in [-0.05, 0) is 30.3 Å². The number of nitrogens with one attached hydrogen (secondary N) is 1. The highest BCUT2D eigenvalue weighted by molar-refractivity contribution is 6.03. The lowest BCUT2D eigenvalue weighted by atomic mass is 10.2. The summed E-state index contributed by atoms with van der Waals surface area (Å²) in [4.78, 5) is 16.6. The fourth-order valence-corrected chi connectivity index (χ4v) is 2.53. The van der Waals surface area contributed by atoms with Crippen LogP contribution in [0.4, 0.5) is 10.3 Å². The summed E-state index contributed by atoms with van der Waals surface area (Å²) in [7, 11) is 1.51. The van der Waals surface area contributed by atoms with Crippen LogP contribution in [-0.2, 0) is 0 Å². The van der Waals surface area contributed by atoms with Gasteiger partial charge >= 0.3 is 0 Å². The lowest BCUT2D eigenvalue weighted by Gasteiger charge is -2.06. The molecule has 0 saturated heterocycles. The molecule has 0 spiro atoms. The first kappa shape index (κ1) is 15.8. The third-order valence-corrected chi connectivity index (χ3v) is 3.73. The molecule has 26 heavy (non-hydrogen) atoms. The van der Waals surface area contributed by atoms with Crippen LogP contribution in [-0.4, -0.2) is 37.4 Å². The highest BCUT2D eigenvalue weighted by Crippen LogP contribution is 2.22. The number of amides is 1. The Morgan fingerprint density at radius 3 is 2.77 bits per heavy atom. The van der Waals surface area contributed by atoms with Crippen molar-refractivity contribution < 1.29 is 13.9 Å². The summed E-state index contributed by atoms with van der Waals surface area (Å²) in [5.41, 5.74) is 0.301. The van der Waals surface area contributed by atoms with Gasteiger partial charge in [0.25, 0.3) is 5.91 Å². The molecule has 1 amide bonds. The van der Waals surface area contributed by atoms with Crippen LogP contribution in [0.5, 0.6) is 5.75 Å². The molecule has 0 aliphatic heterocycles. The zero-order valence-electron chi connectivity index (χ0n) is 13.6. The minimum atomic E-state index is -0.640. The van der Waals surface area contributed by atoms with Gasteiger partial charge in [0.05, 0.1) is 12.7 Å². The number of hydrogen-bond acceptors (Lipinski definition) is 5. The highest BCUT2D eigenvalue weighted by atomic mass is 19.1. The second-order valence-electron chi connectivity index (χ2n) is 5.32. The number of pyridine rings is 1. The molecule has 0 fully saturated rings. The predicted molar refractivity (Wildman–Crippen MR) is 91.0 cm³/mol. The lowest BCUT2D eigenvalue weighted by molar-refractivity contribution is 0.102. The fourth-order valence-electron chi connectivity index (χ4n) is 2.53. The van der Waals surface area contributed by atoms with Gasteiger partial charge in [-0.15, -0.1) is 5.10 Å². The van der Waals surface area contributed by atoms with Gasteiger partial charge in [0, 0.05) is 12.4 Å². The van der Waals surface area contributed by atoms with E-state index in [9.17, 15) is 9.18 Å². The topological polar surface area (TPSA) is 86.3 Å². The summed E-state index contributed by atoms with van der Waals surface area (Å²) in [5.74, 6) is -0.164. The highest BCUT2D eigenvalue weighted by Gasteiger charge is 2.17. The summed E-state index contributed by atoms with van der Waals surface area (Å²) in [6.45, 7) is 0. The standard InChI is InChI=1S/C17H13FN6O2/c1-26-13-7-8-14(23-10-4-9-19-23)24-15(13)20-17(22-24)21-16(25)11-5-2-3-6-12(11)18/h2-10H,1H3,(H,21,22,25). The molecular formula is C17H13FN6O2. The number of nitrogens with zero attached hydrogens (tertiary/aromatic N) is 5. The van der Waals surface area contributed by atoms with Gasteiger partial charge in [-0.1, -0.05) is 12.1 Å². The zero-order chi connectivity index (χ0) is 18.1.